The zero-order valence-corrected chi connectivity index (χ0v) is 17.5. The van der Waals surface area contributed by atoms with Gasteiger partial charge in [-0.2, -0.15) is 18.3 Å². The van der Waals surface area contributed by atoms with Gasteiger partial charge in [0, 0.05) is 31.6 Å². The molecule has 1 aromatic rings. The van der Waals surface area contributed by atoms with Crippen LogP contribution in [-0.4, -0.2) is 40.0 Å². The van der Waals surface area contributed by atoms with Gasteiger partial charge in [-0.15, -0.1) is 0 Å². The van der Waals surface area contributed by atoms with Crippen LogP contribution in [0.1, 0.15) is 62.6 Å². The monoisotopic (exact) mass is 483 g/mol. The van der Waals surface area contributed by atoms with E-state index in [1.54, 1.807) is 0 Å². The van der Waals surface area contributed by atoms with Crippen LogP contribution in [0.25, 0.3) is 0 Å². The molecule has 2 saturated carbocycles. The molecule has 1 atom stereocenters. The first-order valence-electron chi connectivity index (χ1n) is 10.6. The van der Waals surface area contributed by atoms with E-state index in [0.717, 1.165) is 6.20 Å². The van der Waals surface area contributed by atoms with E-state index in [0.29, 0.717) is 0 Å². The van der Waals surface area contributed by atoms with Crippen LogP contribution in [-0.2, 0) is 11.8 Å². The maximum absolute atomic E-state index is 13.8. The van der Waals surface area contributed by atoms with Gasteiger partial charge in [-0.05, 0) is 25.7 Å². The van der Waals surface area contributed by atoms with Gasteiger partial charge in [-0.1, -0.05) is 0 Å². The van der Waals surface area contributed by atoms with Crippen LogP contribution in [0.5, 0.6) is 0 Å². The highest BCUT2D eigenvalue weighted by Crippen LogP contribution is 2.48. The van der Waals surface area contributed by atoms with Crippen LogP contribution in [0.2, 0.25) is 0 Å². The van der Waals surface area contributed by atoms with Crippen molar-refractivity contribution in [3.8, 4) is 0 Å². The second kappa shape index (κ2) is 8.05. The summed E-state index contributed by atoms with van der Waals surface area (Å²) in [6.07, 6.45) is -5.71. The largest absolute Gasteiger partial charge is 0.433 e. The van der Waals surface area contributed by atoms with E-state index in [1.165, 1.54) is 0 Å². The average Bonchev–Trinajstić information content (AvgIpc) is 3.20. The van der Waals surface area contributed by atoms with Gasteiger partial charge in [0.1, 0.15) is 5.69 Å². The Morgan fingerprint density at radius 1 is 0.970 bits per heavy atom. The Hall–Kier alpha value is -2.54. The van der Waals surface area contributed by atoms with Crippen molar-refractivity contribution in [1.82, 2.24) is 20.8 Å². The van der Waals surface area contributed by atoms with Crippen molar-refractivity contribution in [2.45, 2.75) is 81.1 Å². The van der Waals surface area contributed by atoms with Crippen LogP contribution in [0.4, 0.5) is 30.7 Å². The van der Waals surface area contributed by atoms with E-state index >= 15 is 0 Å². The minimum Gasteiger partial charge on any atom is -0.370 e. The normalized spacial score (nSPS) is 29.9. The lowest BCUT2D eigenvalue weighted by Crippen LogP contribution is -2.62. The van der Waals surface area contributed by atoms with Crippen LogP contribution < -0.4 is 16.4 Å². The first-order valence-corrected chi connectivity index (χ1v) is 10.6. The third-order valence-electron chi connectivity index (χ3n) is 6.49. The predicted molar refractivity (Wildman–Crippen MR) is 105 cm³/mol. The fourth-order valence-corrected chi connectivity index (χ4v) is 4.77. The van der Waals surface area contributed by atoms with Gasteiger partial charge < -0.3 is 11.1 Å². The second-order valence-electron chi connectivity index (χ2n) is 8.86. The number of guanidine groups is 2. The van der Waals surface area contributed by atoms with E-state index in [2.05, 4.69) is 25.7 Å². The Balaban J connectivity index is 1.72. The molecule has 0 radical (unpaired) electrons. The van der Waals surface area contributed by atoms with Crippen molar-refractivity contribution in [3.63, 3.8) is 0 Å². The predicted octanol–water partition coefficient (Wildman–Crippen LogP) is 3.85. The molecule has 0 bridgehead atoms. The van der Waals surface area contributed by atoms with Crippen LogP contribution in [0.3, 0.4) is 0 Å². The highest BCUT2D eigenvalue weighted by atomic mass is 19.4. The maximum atomic E-state index is 13.8. The van der Waals surface area contributed by atoms with Crippen LogP contribution in [0, 0.1) is 5.92 Å². The molecule has 2 fully saturated rings. The summed E-state index contributed by atoms with van der Waals surface area (Å²) in [6.45, 7) is 0. The third kappa shape index (κ3) is 4.88. The lowest BCUT2D eigenvalue weighted by molar-refractivity contribution is -0.143. The molecule has 4 rings (SSSR count). The number of nitrogens with zero attached hydrogens (tertiary/aromatic N) is 3. The molecule has 3 aliphatic rings. The van der Waals surface area contributed by atoms with E-state index in [9.17, 15) is 30.7 Å². The Morgan fingerprint density at radius 3 is 2.12 bits per heavy atom. The molecule has 0 spiro atoms. The number of rotatable bonds is 3. The first-order chi connectivity index (χ1) is 15.3. The molecular formula is C19H24F7N7. The number of aliphatic imine (C=N–C) groups is 2. The summed E-state index contributed by atoms with van der Waals surface area (Å²) in [6, 6.07) is -0.509. The van der Waals surface area contributed by atoms with Crippen molar-refractivity contribution in [3.05, 3.63) is 17.5 Å². The number of nitrogens with one attached hydrogen (secondary N) is 3. The molecule has 0 amide bonds. The second-order valence-corrected chi connectivity index (χ2v) is 8.86. The molecule has 1 aliphatic heterocycles. The van der Waals surface area contributed by atoms with E-state index in [1.807, 2.05) is 5.10 Å². The summed E-state index contributed by atoms with van der Waals surface area (Å²) in [4.78, 5) is 8.61. The van der Waals surface area contributed by atoms with Gasteiger partial charge in [-0.25, -0.2) is 27.5 Å². The van der Waals surface area contributed by atoms with Crippen molar-refractivity contribution in [1.29, 1.82) is 0 Å². The molecule has 14 heteroatoms. The molecule has 184 valence electrons. The molecule has 1 unspecified atom stereocenters. The number of H-pyrrole nitrogens is 1. The molecule has 2 aliphatic carbocycles. The number of alkyl halides is 7. The Labute approximate surface area is 184 Å². The SMILES string of the molecule is NC1=NC(c2cn[nH]c2C(F)(F)F)(C2CCC(F)(F)CC2)NC(=NC2CCC(F)(F)CC2)N1. The molecule has 33 heavy (non-hydrogen) atoms. The standard InChI is InChI=1S/C19H24F7N7/c20-16(21)5-1-10(2-6-16)18(12-9-28-33-13(12)19(24,25)26)31-14(27)30-15(32-18)29-11-3-7-17(22,23)8-4-11/h9-11H,1-8H2,(H,28,33)(H4,27,29,30,31,32). The molecule has 1 aromatic heterocycles. The van der Waals surface area contributed by atoms with Crippen LogP contribution in [0.15, 0.2) is 16.2 Å². The van der Waals surface area contributed by atoms with Gasteiger partial charge in [-0.3, -0.25) is 10.4 Å². The lowest BCUT2D eigenvalue weighted by atomic mass is 9.75. The zero-order valence-electron chi connectivity index (χ0n) is 17.5. The number of aromatic amines is 1. The Morgan fingerprint density at radius 2 is 1.55 bits per heavy atom. The van der Waals surface area contributed by atoms with Gasteiger partial charge >= 0.3 is 6.18 Å². The smallest absolute Gasteiger partial charge is 0.370 e. The Kier molecular flexibility index (Phi) is 5.76. The van der Waals surface area contributed by atoms with E-state index in [-0.39, 0.29) is 50.4 Å². The first kappa shape index (κ1) is 23.6. The molecule has 0 saturated heterocycles. The number of nitrogens with two attached hydrogens (primary N) is 1. The summed E-state index contributed by atoms with van der Waals surface area (Å²) in [5, 5.41) is 10.9. The van der Waals surface area contributed by atoms with E-state index in [4.69, 9.17) is 5.73 Å². The van der Waals surface area contributed by atoms with Crippen molar-refractivity contribution in [2.75, 3.05) is 0 Å². The summed E-state index contributed by atoms with van der Waals surface area (Å²) in [7, 11) is 0. The summed E-state index contributed by atoms with van der Waals surface area (Å²) in [5.41, 5.74) is 2.48. The zero-order chi connectivity index (χ0) is 24.1. The highest BCUT2D eigenvalue weighted by Gasteiger charge is 2.53. The third-order valence-corrected chi connectivity index (χ3v) is 6.49. The highest BCUT2D eigenvalue weighted by molar-refractivity contribution is 6.00. The fraction of sp³-hybridized carbons (Fsp3) is 0.737. The minimum atomic E-state index is -4.82. The van der Waals surface area contributed by atoms with Crippen molar-refractivity contribution < 1.29 is 30.7 Å². The number of hydrogen-bond acceptors (Lipinski definition) is 4. The number of aromatic nitrogens is 2. The quantitative estimate of drug-likeness (QED) is 0.491. The van der Waals surface area contributed by atoms with Gasteiger partial charge in [0.2, 0.25) is 17.8 Å². The average molecular weight is 483 g/mol. The minimum absolute atomic E-state index is 0.0376. The molecule has 7 nitrogen and oxygen atoms in total. The molecule has 0 aromatic carbocycles. The maximum Gasteiger partial charge on any atom is 0.433 e. The number of halogens is 7. The topological polar surface area (TPSA) is 103 Å². The Bertz CT molecular complexity index is 919. The fourth-order valence-electron chi connectivity index (χ4n) is 4.77. The summed E-state index contributed by atoms with van der Waals surface area (Å²) in [5.74, 6) is -6.78. The van der Waals surface area contributed by atoms with Crippen molar-refractivity contribution in [2.24, 2.45) is 21.6 Å². The summed E-state index contributed by atoms with van der Waals surface area (Å²) < 4.78 is 95.8. The lowest BCUT2D eigenvalue weighted by Gasteiger charge is -2.44. The summed E-state index contributed by atoms with van der Waals surface area (Å²) >= 11 is 0. The molecule has 5 N–H and O–H groups in total. The molecule has 2 heterocycles. The van der Waals surface area contributed by atoms with E-state index < -0.39 is 59.7 Å². The van der Waals surface area contributed by atoms with Gasteiger partial charge in [0.25, 0.3) is 0 Å². The van der Waals surface area contributed by atoms with Crippen molar-refractivity contribution >= 4 is 11.9 Å². The molecular weight excluding hydrogens is 459 g/mol. The number of hydrogen-bond donors (Lipinski definition) is 4. The van der Waals surface area contributed by atoms with Gasteiger partial charge in [0.05, 0.1) is 17.8 Å². The van der Waals surface area contributed by atoms with Gasteiger partial charge in [0.15, 0.2) is 11.6 Å². The van der Waals surface area contributed by atoms with Crippen LogP contribution >= 0.6 is 0 Å².